The number of hydrogen-bond donors (Lipinski definition) is 1. The zero-order valence-electron chi connectivity index (χ0n) is 25.0. The van der Waals surface area contributed by atoms with Crippen molar-refractivity contribution >= 4 is 35.5 Å². The predicted octanol–water partition coefficient (Wildman–Crippen LogP) is 3.00. The van der Waals surface area contributed by atoms with Gasteiger partial charge in [0.15, 0.2) is 17.8 Å². The molecule has 0 aromatic heterocycles. The number of esters is 4. The molecule has 1 N–H and O–H groups in total. The van der Waals surface area contributed by atoms with Crippen molar-refractivity contribution in [1.29, 1.82) is 0 Å². The summed E-state index contributed by atoms with van der Waals surface area (Å²) in [4.78, 5) is 48.8. The molecular formula is C31H35ClO12. The Hall–Kier alpha value is -3.71. The minimum atomic E-state index is -1.87. The number of benzene rings is 2. The highest BCUT2D eigenvalue weighted by molar-refractivity contribution is 6.31. The standard InChI is InChI=1S/C31H35ClO12/c1-17(33)14-38-25-9-6-22(7-10-25)12-23-13-24(8-11-26(23)32)31-29(43-21(5)37)27(41-19(3)35)28(42-20(4)36)30(44-31,16-40-31)15-39-18(2)34/h6-11,13,17,27-29,33H,12,14-16H2,1-5H3/t17?,27-,28-,29+,30-,31-/m0/s1. The van der Waals surface area contributed by atoms with Crippen molar-refractivity contribution in [2.75, 3.05) is 19.8 Å². The van der Waals surface area contributed by atoms with E-state index in [1.54, 1.807) is 37.3 Å². The van der Waals surface area contributed by atoms with Gasteiger partial charge >= 0.3 is 23.9 Å². The molecule has 2 aliphatic rings. The normalized spacial score (nSPS) is 26.3. The molecule has 0 aliphatic carbocycles. The minimum Gasteiger partial charge on any atom is -0.491 e. The summed E-state index contributed by atoms with van der Waals surface area (Å²) >= 11 is 6.61. The Morgan fingerprint density at radius 1 is 0.932 bits per heavy atom. The van der Waals surface area contributed by atoms with Crippen LogP contribution in [0.2, 0.25) is 5.02 Å². The van der Waals surface area contributed by atoms with Crippen LogP contribution in [0, 0.1) is 0 Å². The Morgan fingerprint density at radius 3 is 2.16 bits per heavy atom. The van der Waals surface area contributed by atoms with Crippen molar-refractivity contribution in [2.24, 2.45) is 0 Å². The van der Waals surface area contributed by atoms with E-state index in [1.165, 1.54) is 6.92 Å². The van der Waals surface area contributed by atoms with Gasteiger partial charge in [-0.05, 0) is 48.7 Å². The first kappa shape index (κ1) is 33.2. The van der Waals surface area contributed by atoms with Crippen LogP contribution in [0.4, 0.5) is 0 Å². The maximum atomic E-state index is 12.4. The predicted molar refractivity (Wildman–Crippen MR) is 153 cm³/mol. The number of carbonyl (C=O) groups is 4. The minimum absolute atomic E-state index is 0.157. The molecule has 13 heteroatoms. The number of ether oxygens (including phenoxy) is 7. The lowest BCUT2D eigenvalue weighted by atomic mass is 9.83. The van der Waals surface area contributed by atoms with E-state index in [0.29, 0.717) is 28.3 Å². The number of rotatable bonds is 11. The lowest BCUT2D eigenvalue weighted by Gasteiger charge is -2.49. The van der Waals surface area contributed by atoms with Crippen molar-refractivity contribution in [3.63, 3.8) is 0 Å². The van der Waals surface area contributed by atoms with E-state index in [1.807, 2.05) is 12.1 Å². The van der Waals surface area contributed by atoms with E-state index in [9.17, 15) is 24.3 Å². The van der Waals surface area contributed by atoms with Gasteiger partial charge in [0.25, 0.3) is 0 Å². The summed E-state index contributed by atoms with van der Waals surface area (Å²) in [6.07, 6.45) is -4.45. The summed E-state index contributed by atoms with van der Waals surface area (Å²) in [6.45, 7) is 5.76. The third kappa shape index (κ3) is 7.32. The maximum Gasteiger partial charge on any atom is 0.303 e. The molecule has 6 atom stereocenters. The van der Waals surface area contributed by atoms with E-state index in [-0.39, 0.29) is 13.2 Å². The zero-order chi connectivity index (χ0) is 32.2. The van der Waals surface area contributed by atoms with E-state index in [2.05, 4.69) is 0 Å². The van der Waals surface area contributed by atoms with Crippen LogP contribution >= 0.6 is 11.6 Å². The van der Waals surface area contributed by atoms with Crippen LogP contribution in [0.5, 0.6) is 5.75 Å². The number of carbonyl (C=O) groups excluding carboxylic acids is 4. The molecule has 2 saturated heterocycles. The molecule has 238 valence electrons. The third-order valence-electron chi connectivity index (χ3n) is 7.04. The van der Waals surface area contributed by atoms with Crippen LogP contribution in [0.1, 0.15) is 51.3 Å². The highest BCUT2D eigenvalue weighted by Crippen LogP contribution is 2.53. The Labute approximate surface area is 259 Å². The molecular weight excluding hydrogens is 600 g/mol. The lowest BCUT2D eigenvalue weighted by Crippen LogP contribution is -2.68. The largest absolute Gasteiger partial charge is 0.491 e. The summed E-state index contributed by atoms with van der Waals surface area (Å²) < 4.78 is 40.5. The fourth-order valence-electron chi connectivity index (χ4n) is 5.29. The van der Waals surface area contributed by atoms with Gasteiger partial charge in [0.2, 0.25) is 11.9 Å². The molecule has 2 heterocycles. The maximum absolute atomic E-state index is 12.4. The molecule has 0 spiro atoms. The first-order valence-corrected chi connectivity index (χ1v) is 14.3. The Morgan fingerprint density at radius 2 is 1.57 bits per heavy atom. The zero-order valence-corrected chi connectivity index (χ0v) is 25.8. The third-order valence-corrected chi connectivity index (χ3v) is 7.41. The number of aliphatic hydroxyl groups is 1. The van der Waals surface area contributed by atoms with Gasteiger partial charge in [-0.2, -0.15) is 0 Å². The average molecular weight is 635 g/mol. The summed E-state index contributed by atoms with van der Waals surface area (Å²) in [6, 6.07) is 12.2. The molecule has 4 rings (SSSR count). The van der Waals surface area contributed by atoms with Crippen LogP contribution in [0.25, 0.3) is 0 Å². The highest BCUT2D eigenvalue weighted by atomic mass is 35.5. The van der Waals surface area contributed by atoms with Gasteiger partial charge in [0.05, 0.1) is 12.7 Å². The molecule has 2 fully saturated rings. The molecule has 0 radical (unpaired) electrons. The molecule has 0 saturated carbocycles. The molecule has 0 amide bonds. The summed E-state index contributed by atoms with van der Waals surface area (Å²) in [7, 11) is 0. The van der Waals surface area contributed by atoms with Gasteiger partial charge in [0.1, 0.15) is 19.0 Å². The Bertz CT molecular complexity index is 1390. The molecule has 12 nitrogen and oxygen atoms in total. The van der Waals surface area contributed by atoms with Gasteiger partial charge in [-0.1, -0.05) is 29.8 Å². The second-order valence-corrected chi connectivity index (χ2v) is 11.2. The average Bonchev–Trinajstić information content (AvgIpc) is 3.31. The topological polar surface area (TPSA) is 153 Å². The molecule has 2 aromatic rings. The Kier molecular flexibility index (Phi) is 10.2. The van der Waals surface area contributed by atoms with E-state index in [0.717, 1.165) is 26.3 Å². The van der Waals surface area contributed by atoms with Crippen molar-refractivity contribution in [1.82, 2.24) is 0 Å². The SMILES string of the molecule is CC(=O)OC[C@@]12CO[C@@](c3ccc(Cl)c(Cc4ccc(OCC(C)O)cc4)c3)(O1)[C@H](OC(C)=O)[C@@H](OC(C)=O)[C@@H]2OC(C)=O. The van der Waals surface area contributed by atoms with E-state index < -0.39 is 66.3 Å². The van der Waals surface area contributed by atoms with Crippen molar-refractivity contribution in [2.45, 2.75) is 76.8 Å². The van der Waals surface area contributed by atoms with Crippen molar-refractivity contribution < 1.29 is 57.4 Å². The Balaban J connectivity index is 1.78. The second-order valence-electron chi connectivity index (χ2n) is 10.8. The van der Waals surface area contributed by atoms with Crippen LogP contribution in [0.15, 0.2) is 42.5 Å². The van der Waals surface area contributed by atoms with Crippen LogP contribution in [0.3, 0.4) is 0 Å². The van der Waals surface area contributed by atoms with Gasteiger partial charge in [-0.15, -0.1) is 0 Å². The summed E-state index contributed by atoms with van der Waals surface area (Å²) in [5, 5.41) is 9.89. The highest BCUT2D eigenvalue weighted by Gasteiger charge is 2.72. The van der Waals surface area contributed by atoms with Crippen molar-refractivity contribution in [3.05, 3.63) is 64.2 Å². The smallest absolute Gasteiger partial charge is 0.303 e. The van der Waals surface area contributed by atoms with E-state index in [4.69, 9.17) is 44.8 Å². The van der Waals surface area contributed by atoms with Gasteiger partial charge < -0.3 is 38.3 Å². The first-order valence-electron chi connectivity index (χ1n) is 13.9. The molecule has 44 heavy (non-hydrogen) atoms. The summed E-state index contributed by atoms with van der Waals surface area (Å²) in [5.41, 5.74) is 0.281. The number of fused-ring (bicyclic) bond motifs is 2. The number of halogens is 1. The van der Waals surface area contributed by atoms with Crippen LogP contribution < -0.4 is 4.74 Å². The number of aliphatic hydroxyl groups excluding tert-OH is 1. The quantitative estimate of drug-likeness (QED) is 0.285. The molecule has 2 bridgehead atoms. The first-order chi connectivity index (χ1) is 20.7. The fourth-order valence-corrected chi connectivity index (χ4v) is 5.47. The van der Waals surface area contributed by atoms with Crippen LogP contribution in [-0.4, -0.2) is 78.8 Å². The fraction of sp³-hybridized carbons (Fsp3) is 0.484. The molecule has 1 unspecified atom stereocenters. The van der Waals surface area contributed by atoms with Gasteiger partial charge in [0, 0.05) is 38.3 Å². The lowest BCUT2D eigenvalue weighted by molar-refractivity contribution is -0.334. The van der Waals surface area contributed by atoms with Crippen LogP contribution in [-0.2, 0) is 59.8 Å². The van der Waals surface area contributed by atoms with E-state index >= 15 is 0 Å². The van der Waals surface area contributed by atoms with Gasteiger partial charge in [-0.25, -0.2) is 0 Å². The molecule has 2 aromatic carbocycles. The summed E-state index contributed by atoms with van der Waals surface area (Å²) in [5.74, 6) is -4.15. The number of hydrogen-bond acceptors (Lipinski definition) is 12. The van der Waals surface area contributed by atoms with Crippen molar-refractivity contribution in [3.8, 4) is 5.75 Å². The monoisotopic (exact) mass is 634 g/mol. The molecule has 2 aliphatic heterocycles. The van der Waals surface area contributed by atoms with Gasteiger partial charge in [-0.3, -0.25) is 19.2 Å². The second kappa shape index (κ2) is 13.5.